The van der Waals surface area contributed by atoms with Crippen LogP contribution in [-0.2, 0) is 11.3 Å². The van der Waals surface area contributed by atoms with Gasteiger partial charge in [-0.15, -0.1) is 12.4 Å². The molecule has 1 amide bonds. The lowest BCUT2D eigenvalue weighted by molar-refractivity contribution is -0.119. The van der Waals surface area contributed by atoms with Crippen LogP contribution in [0.5, 0.6) is 0 Å². The summed E-state index contributed by atoms with van der Waals surface area (Å²) < 4.78 is 1.57. The normalized spacial score (nSPS) is 11.4. The third kappa shape index (κ3) is 4.44. The monoisotopic (exact) mass is 321 g/mol. The molecule has 1 atom stereocenters. The second-order valence-corrected chi connectivity index (χ2v) is 4.97. The molecule has 0 aliphatic carbocycles. The maximum atomic E-state index is 12.3. The second-order valence-electron chi connectivity index (χ2n) is 4.97. The summed E-state index contributed by atoms with van der Waals surface area (Å²) in [6, 6.07) is 13.0. The van der Waals surface area contributed by atoms with Crippen molar-refractivity contribution >= 4 is 24.0 Å². The maximum Gasteiger partial charge on any atom is 0.274 e. The number of nitrogens with two attached hydrogens (primary N) is 1. The first-order chi connectivity index (χ1) is 10.1. The van der Waals surface area contributed by atoms with E-state index in [1.807, 2.05) is 30.3 Å². The number of aromatic nitrogens is 1. The van der Waals surface area contributed by atoms with Gasteiger partial charge in [0.15, 0.2) is 0 Å². The van der Waals surface area contributed by atoms with Gasteiger partial charge in [0, 0.05) is 18.7 Å². The van der Waals surface area contributed by atoms with Crippen LogP contribution in [0.2, 0.25) is 0 Å². The minimum absolute atomic E-state index is 0. The van der Waals surface area contributed by atoms with Gasteiger partial charge in [0.05, 0.1) is 6.54 Å². The molecule has 3 N–H and O–H groups in total. The SMILES string of the molecule is CC(CN)C(=O)Nc1cccn(Cc2ccccc2)c1=O.Cl. The molecule has 6 heteroatoms. The number of anilines is 1. The van der Waals surface area contributed by atoms with E-state index in [1.54, 1.807) is 29.8 Å². The van der Waals surface area contributed by atoms with Crippen molar-refractivity contribution in [2.24, 2.45) is 11.7 Å². The minimum Gasteiger partial charge on any atom is -0.330 e. The number of pyridine rings is 1. The van der Waals surface area contributed by atoms with Gasteiger partial charge in [-0.25, -0.2) is 0 Å². The number of benzene rings is 1. The summed E-state index contributed by atoms with van der Waals surface area (Å²) in [5.74, 6) is -0.570. The van der Waals surface area contributed by atoms with Crippen LogP contribution < -0.4 is 16.6 Å². The minimum atomic E-state index is -0.327. The van der Waals surface area contributed by atoms with Gasteiger partial charge in [-0.3, -0.25) is 9.59 Å². The highest BCUT2D eigenvalue weighted by Crippen LogP contribution is 2.05. The molecule has 0 radical (unpaired) electrons. The fraction of sp³-hybridized carbons (Fsp3) is 0.250. The van der Waals surface area contributed by atoms with Gasteiger partial charge in [0.2, 0.25) is 5.91 Å². The van der Waals surface area contributed by atoms with Crippen LogP contribution in [0.1, 0.15) is 12.5 Å². The van der Waals surface area contributed by atoms with Gasteiger partial charge in [-0.2, -0.15) is 0 Å². The molecule has 1 unspecified atom stereocenters. The summed E-state index contributed by atoms with van der Waals surface area (Å²) in [7, 11) is 0. The van der Waals surface area contributed by atoms with Gasteiger partial charge in [-0.05, 0) is 17.7 Å². The van der Waals surface area contributed by atoms with E-state index in [1.165, 1.54) is 0 Å². The summed E-state index contributed by atoms with van der Waals surface area (Å²) in [6.45, 7) is 2.44. The van der Waals surface area contributed by atoms with Gasteiger partial charge < -0.3 is 15.6 Å². The summed E-state index contributed by atoms with van der Waals surface area (Å²) in [5, 5.41) is 2.63. The number of carbonyl (C=O) groups is 1. The first-order valence-corrected chi connectivity index (χ1v) is 6.86. The van der Waals surface area contributed by atoms with E-state index in [9.17, 15) is 9.59 Å². The molecule has 1 aromatic heterocycles. The Bertz CT molecular complexity index is 671. The first-order valence-electron chi connectivity index (χ1n) is 6.86. The van der Waals surface area contributed by atoms with Crippen molar-refractivity contribution < 1.29 is 4.79 Å². The number of hydrogen-bond acceptors (Lipinski definition) is 3. The van der Waals surface area contributed by atoms with E-state index in [2.05, 4.69) is 5.32 Å². The smallest absolute Gasteiger partial charge is 0.274 e. The van der Waals surface area contributed by atoms with Gasteiger partial charge in [0.25, 0.3) is 5.56 Å². The zero-order valence-electron chi connectivity index (χ0n) is 12.4. The van der Waals surface area contributed by atoms with E-state index in [0.29, 0.717) is 6.54 Å². The average Bonchev–Trinajstić information content (AvgIpc) is 2.51. The molecule has 2 aromatic rings. The van der Waals surface area contributed by atoms with Gasteiger partial charge >= 0.3 is 0 Å². The molecule has 2 rings (SSSR count). The molecule has 0 aliphatic heterocycles. The van der Waals surface area contributed by atoms with Crippen LogP contribution in [-0.4, -0.2) is 17.0 Å². The molecule has 0 aliphatic rings. The summed E-state index contributed by atoms with van der Waals surface area (Å²) in [5.41, 5.74) is 6.53. The fourth-order valence-corrected chi connectivity index (χ4v) is 1.90. The van der Waals surface area contributed by atoms with Crippen molar-refractivity contribution in [1.82, 2.24) is 4.57 Å². The zero-order valence-corrected chi connectivity index (χ0v) is 13.2. The van der Waals surface area contributed by atoms with Crippen LogP contribution in [0.4, 0.5) is 5.69 Å². The Labute approximate surface area is 135 Å². The van der Waals surface area contributed by atoms with Crippen molar-refractivity contribution in [3.63, 3.8) is 0 Å². The lowest BCUT2D eigenvalue weighted by atomic mass is 10.1. The molecular weight excluding hydrogens is 302 g/mol. The Morgan fingerprint density at radius 3 is 2.55 bits per heavy atom. The van der Waals surface area contributed by atoms with Crippen LogP contribution in [0.15, 0.2) is 53.5 Å². The van der Waals surface area contributed by atoms with Crippen LogP contribution in [0.3, 0.4) is 0 Å². The highest BCUT2D eigenvalue weighted by molar-refractivity contribution is 5.92. The average molecular weight is 322 g/mol. The standard InChI is InChI=1S/C16H19N3O2.ClH/c1-12(10-17)15(20)18-14-8-5-9-19(16(14)21)11-13-6-3-2-4-7-13;/h2-9,12H,10-11,17H2,1H3,(H,18,20);1H. The molecule has 1 aromatic carbocycles. The van der Waals surface area contributed by atoms with Crippen LogP contribution >= 0.6 is 12.4 Å². The predicted octanol–water partition coefficient (Wildman–Crippen LogP) is 1.85. The molecule has 0 saturated heterocycles. The second kappa shape index (κ2) is 8.36. The zero-order chi connectivity index (χ0) is 15.2. The van der Waals surface area contributed by atoms with Crippen molar-refractivity contribution in [2.75, 3.05) is 11.9 Å². The number of nitrogens with zero attached hydrogens (tertiary/aromatic N) is 1. The fourth-order valence-electron chi connectivity index (χ4n) is 1.90. The number of nitrogens with one attached hydrogen (secondary N) is 1. The lowest BCUT2D eigenvalue weighted by Gasteiger charge is -2.11. The molecule has 1 heterocycles. The molecule has 22 heavy (non-hydrogen) atoms. The third-order valence-corrected chi connectivity index (χ3v) is 3.27. The Morgan fingerprint density at radius 1 is 1.23 bits per heavy atom. The topological polar surface area (TPSA) is 77.1 Å². The lowest BCUT2D eigenvalue weighted by Crippen LogP contribution is -2.31. The Hall–Kier alpha value is -2.11. The number of hydrogen-bond donors (Lipinski definition) is 2. The van der Waals surface area contributed by atoms with E-state index in [4.69, 9.17) is 5.73 Å². The highest BCUT2D eigenvalue weighted by Gasteiger charge is 2.13. The van der Waals surface area contributed by atoms with Crippen molar-refractivity contribution in [1.29, 1.82) is 0 Å². The molecule has 118 valence electrons. The van der Waals surface area contributed by atoms with E-state index in [0.717, 1.165) is 5.56 Å². The molecule has 0 bridgehead atoms. The first kappa shape index (κ1) is 17.9. The van der Waals surface area contributed by atoms with Crippen molar-refractivity contribution in [3.05, 3.63) is 64.6 Å². The van der Waals surface area contributed by atoms with Crippen LogP contribution in [0, 0.1) is 5.92 Å². The Balaban J connectivity index is 0.00000242. The number of amides is 1. The third-order valence-electron chi connectivity index (χ3n) is 3.27. The van der Waals surface area contributed by atoms with E-state index < -0.39 is 0 Å². The Morgan fingerprint density at radius 2 is 1.91 bits per heavy atom. The Kier molecular flexibility index (Phi) is 6.82. The maximum absolute atomic E-state index is 12.3. The summed E-state index contributed by atoms with van der Waals surface area (Å²) in [4.78, 5) is 24.2. The molecule has 0 fully saturated rings. The van der Waals surface area contributed by atoms with Crippen LogP contribution in [0.25, 0.3) is 0 Å². The van der Waals surface area contributed by atoms with E-state index >= 15 is 0 Å². The molecule has 0 spiro atoms. The highest BCUT2D eigenvalue weighted by atomic mass is 35.5. The number of rotatable bonds is 5. The van der Waals surface area contributed by atoms with Gasteiger partial charge in [0.1, 0.15) is 5.69 Å². The number of carbonyl (C=O) groups excluding carboxylic acids is 1. The summed E-state index contributed by atoms with van der Waals surface area (Å²) >= 11 is 0. The number of halogens is 1. The summed E-state index contributed by atoms with van der Waals surface area (Å²) in [6.07, 6.45) is 1.71. The van der Waals surface area contributed by atoms with Crippen molar-refractivity contribution in [2.45, 2.75) is 13.5 Å². The largest absolute Gasteiger partial charge is 0.330 e. The van der Waals surface area contributed by atoms with Gasteiger partial charge in [-0.1, -0.05) is 37.3 Å². The molecule has 5 nitrogen and oxygen atoms in total. The molecule has 0 saturated carbocycles. The van der Waals surface area contributed by atoms with E-state index in [-0.39, 0.29) is 42.0 Å². The van der Waals surface area contributed by atoms with Crippen molar-refractivity contribution in [3.8, 4) is 0 Å². The predicted molar refractivity (Wildman–Crippen MR) is 90.3 cm³/mol. The quantitative estimate of drug-likeness (QED) is 0.882. The molecular formula is C16H20ClN3O2.